The molecule has 3 aliphatic rings. The molecule has 1 aromatic rings. The summed E-state index contributed by atoms with van der Waals surface area (Å²) < 4.78 is 0. The lowest BCUT2D eigenvalue weighted by molar-refractivity contribution is -0.135. The molecule has 162 valence electrons. The lowest BCUT2D eigenvalue weighted by atomic mass is 10.0. The molecule has 8 nitrogen and oxygen atoms in total. The van der Waals surface area contributed by atoms with Crippen molar-refractivity contribution >= 4 is 17.9 Å². The van der Waals surface area contributed by atoms with Crippen LogP contribution in [0.2, 0.25) is 0 Å². The summed E-state index contributed by atoms with van der Waals surface area (Å²) in [5, 5.41) is 11.8. The SMILES string of the molecule is CN1C[C@@H](C(=O)N2CC3CN(CCC(NC(=O)O)c4ccccc4)CC3C2)CC1=O. The fourth-order valence-electron chi connectivity index (χ4n) is 5.21. The largest absolute Gasteiger partial charge is 0.465 e. The predicted molar refractivity (Wildman–Crippen MR) is 111 cm³/mol. The number of carbonyl (C=O) groups is 3. The van der Waals surface area contributed by atoms with Crippen molar-refractivity contribution < 1.29 is 19.5 Å². The summed E-state index contributed by atoms with van der Waals surface area (Å²) >= 11 is 0. The summed E-state index contributed by atoms with van der Waals surface area (Å²) in [6.45, 7) is 4.77. The van der Waals surface area contributed by atoms with Gasteiger partial charge >= 0.3 is 6.09 Å². The van der Waals surface area contributed by atoms with Gasteiger partial charge in [-0.3, -0.25) is 9.59 Å². The van der Waals surface area contributed by atoms with Crippen LogP contribution in [0, 0.1) is 17.8 Å². The molecule has 1 aromatic carbocycles. The van der Waals surface area contributed by atoms with Crippen molar-refractivity contribution in [3.63, 3.8) is 0 Å². The van der Waals surface area contributed by atoms with Crippen molar-refractivity contribution in [3.05, 3.63) is 35.9 Å². The second-order valence-corrected chi connectivity index (χ2v) is 8.90. The third kappa shape index (κ3) is 4.43. The van der Waals surface area contributed by atoms with Crippen molar-refractivity contribution in [2.24, 2.45) is 17.8 Å². The zero-order valence-corrected chi connectivity index (χ0v) is 17.4. The van der Waals surface area contributed by atoms with Crippen molar-refractivity contribution in [3.8, 4) is 0 Å². The molecular weight excluding hydrogens is 384 g/mol. The summed E-state index contributed by atoms with van der Waals surface area (Å²) in [6.07, 6.45) is 0.0481. The molecule has 2 N–H and O–H groups in total. The molecule has 3 fully saturated rings. The Hall–Kier alpha value is -2.61. The standard InChI is InChI=1S/C22H30N4O4/c1-24-10-16(9-20(24)27)21(28)26-13-17-11-25(12-18(17)14-26)8-7-19(23-22(29)30)15-5-3-2-4-6-15/h2-6,16-19,23H,7-14H2,1H3,(H,29,30)/t16-,17?,18?,19?/m0/s1. The Balaban J connectivity index is 1.27. The van der Waals surface area contributed by atoms with Gasteiger partial charge in [0.2, 0.25) is 11.8 Å². The highest BCUT2D eigenvalue weighted by Gasteiger charge is 2.44. The van der Waals surface area contributed by atoms with E-state index in [0.717, 1.165) is 44.7 Å². The second kappa shape index (κ2) is 8.63. The molecule has 3 saturated heterocycles. The molecule has 3 amide bonds. The van der Waals surface area contributed by atoms with Crippen molar-refractivity contribution in [2.45, 2.75) is 18.9 Å². The number of nitrogens with zero attached hydrogens (tertiary/aromatic N) is 3. The molecule has 3 aliphatic heterocycles. The highest BCUT2D eigenvalue weighted by Crippen LogP contribution is 2.33. The van der Waals surface area contributed by atoms with E-state index in [4.69, 9.17) is 0 Å². The Morgan fingerprint density at radius 3 is 2.33 bits per heavy atom. The monoisotopic (exact) mass is 414 g/mol. The Kier molecular flexibility index (Phi) is 5.94. The van der Waals surface area contributed by atoms with E-state index in [9.17, 15) is 19.5 Å². The number of fused-ring (bicyclic) bond motifs is 1. The molecule has 0 bridgehead atoms. The minimum atomic E-state index is -1.01. The van der Waals surface area contributed by atoms with Crippen LogP contribution in [-0.4, -0.2) is 84.0 Å². The first-order valence-corrected chi connectivity index (χ1v) is 10.7. The van der Waals surface area contributed by atoms with Gasteiger partial charge in [0.15, 0.2) is 0 Å². The maximum atomic E-state index is 12.8. The minimum absolute atomic E-state index is 0.0573. The average Bonchev–Trinajstić information content (AvgIpc) is 3.38. The van der Waals surface area contributed by atoms with Gasteiger partial charge in [-0.2, -0.15) is 0 Å². The number of likely N-dealkylation sites (tertiary alicyclic amines) is 3. The average molecular weight is 415 g/mol. The van der Waals surface area contributed by atoms with Crippen LogP contribution in [0.5, 0.6) is 0 Å². The van der Waals surface area contributed by atoms with E-state index in [2.05, 4.69) is 10.2 Å². The van der Waals surface area contributed by atoms with Crippen LogP contribution in [0.4, 0.5) is 4.79 Å². The molecular formula is C22H30N4O4. The number of carboxylic acid groups (broad SMARTS) is 1. The van der Waals surface area contributed by atoms with Gasteiger partial charge in [-0.1, -0.05) is 30.3 Å². The number of nitrogens with one attached hydrogen (secondary N) is 1. The number of carbonyl (C=O) groups excluding carboxylic acids is 2. The van der Waals surface area contributed by atoms with Crippen LogP contribution in [0.3, 0.4) is 0 Å². The van der Waals surface area contributed by atoms with Crippen LogP contribution in [0.15, 0.2) is 30.3 Å². The summed E-state index contributed by atoms with van der Waals surface area (Å²) in [4.78, 5) is 41.7. The Morgan fingerprint density at radius 1 is 1.10 bits per heavy atom. The molecule has 3 unspecified atom stereocenters. The third-order valence-electron chi connectivity index (χ3n) is 6.80. The van der Waals surface area contributed by atoms with Gasteiger partial charge in [-0.25, -0.2) is 4.79 Å². The number of hydrogen-bond donors (Lipinski definition) is 2. The van der Waals surface area contributed by atoms with Gasteiger partial charge in [0.1, 0.15) is 0 Å². The lowest BCUT2D eigenvalue weighted by Crippen LogP contribution is -2.38. The highest BCUT2D eigenvalue weighted by molar-refractivity contribution is 5.89. The van der Waals surface area contributed by atoms with E-state index < -0.39 is 6.09 Å². The van der Waals surface area contributed by atoms with Crippen LogP contribution in [0.1, 0.15) is 24.4 Å². The van der Waals surface area contributed by atoms with E-state index in [1.54, 1.807) is 11.9 Å². The summed E-state index contributed by atoms with van der Waals surface area (Å²) in [5.74, 6) is 0.925. The topological polar surface area (TPSA) is 93.2 Å². The maximum absolute atomic E-state index is 12.8. The van der Waals surface area contributed by atoms with Crippen molar-refractivity contribution in [2.75, 3.05) is 46.3 Å². The first-order valence-electron chi connectivity index (χ1n) is 10.7. The normalized spacial score (nSPS) is 27.4. The fourth-order valence-corrected chi connectivity index (χ4v) is 5.21. The van der Waals surface area contributed by atoms with Crippen LogP contribution >= 0.6 is 0 Å². The van der Waals surface area contributed by atoms with Gasteiger partial charge in [0.05, 0.1) is 12.0 Å². The quantitative estimate of drug-likeness (QED) is 0.731. The summed E-state index contributed by atoms with van der Waals surface area (Å²) in [6, 6.07) is 9.46. The van der Waals surface area contributed by atoms with Gasteiger partial charge in [0.25, 0.3) is 0 Å². The molecule has 30 heavy (non-hydrogen) atoms. The predicted octanol–water partition coefficient (Wildman–Crippen LogP) is 1.25. The molecule has 4 atom stereocenters. The number of amides is 3. The van der Waals surface area contributed by atoms with Crippen LogP contribution < -0.4 is 5.32 Å². The highest BCUT2D eigenvalue weighted by atomic mass is 16.4. The molecule has 0 saturated carbocycles. The fraction of sp³-hybridized carbons (Fsp3) is 0.591. The zero-order chi connectivity index (χ0) is 21.3. The van der Waals surface area contributed by atoms with Crippen LogP contribution in [-0.2, 0) is 9.59 Å². The summed E-state index contributed by atoms with van der Waals surface area (Å²) in [5.41, 5.74) is 0.979. The Labute approximate surface area is 176 Å². The van der Waals surface area contributed by atoms with E-state index in [-0.39, 0.29) is 23.8 Å². The van der Waals surface area contributed by atoms with E-state index in [1.807, 2.05) is 35.2 Å². The molecule has 0 aliphatic carbocycles. The minimum Gasteiger partial charge on any atom is -0.465 e. The molecule has 4 rings (SSSR count). The van der Waals surface area contributed by atoms with Gasteiger partial charge in [-0.05, 0) is 23.8 Å². The van der Waals surface area contributed by atoms with Crippen molar-refractivity contribution in [1.29, 1.82) is 0 Å². The molecule has 8 heteroatoms. The van der Waals surface area contributed by atoms with E-state index in [0.29, 0.717) is 24.8 Å². The first-order chi connectivity index (χ1) is 14.4. The second-order valence-electron chi connectivity index (χ2n) is 8.90. The van der Waals surface area contributed by atoms with Gasteiger partial charge in [-0.15, -0.1) is 0 Å². The third-order valence-corrected chi connectivity index (χ3v) is 6.80. The molecule has 0 aromatic heterocycles. The molecule has 3 heterocycles. The Morgan fingerprint density at radius 2 is 1.77 bits per heavy atom. The van der Waals surface area contributed by atoms with E-state index in [1.165, 1.54) is 0 Å². The maximum Gasteiger partial charge on any atom is 0.405 e. The van der Waals surface area contributed by atoms with Crippen LogP contribution in [0.25, 0.3) is 0 Å². The smallest absolute Gasteiger partial charge is 0.405 e. The Bertz CT molecular complexity index is 788. The lowest BCUT2D eigenvalue weighted by Gasteiger charge is -2.25. The number of hydrogen-bond acceptors (Lipinski definition) is 4. The number of rotatable bonds is 6. The zero-order valence-electron chi connectivity index (χ0n) is 17.4. The first kappa shape index (κ1) is 20.7. The summed E-state index contributed by atoms with van der Waals surface area (Å²) in [7, 11) is 1.76. The van der Waals surface area contributed by atoms with Gasteiger partial charge < -0.3 is 25.1 Å². The molecule has 0 radical (unpaired) electrons. The van der Waals surface area contributed by atoms with Crippen molar-refractivity contribution in [1.82, 2.24) is 20.0 Å². The number of benzene rings is 1. The van der Waals surface area contributed by atoms with E-state index >= 15 is 0 Å². The molecule has 0 spiro atoms. The van der Waals surface area contributed by atoms with Gasteiger partial charge in [0, 0.05) is 52.7 Å².